The van der Waals surface area contributed by atoms with Crippen molar-refractivity contribution in [2.75, 3.05) is 17.4 Å². The fraction of sp³-hybridized carbons (Fsp3) is 0.310. The molecule has 0 radical (unpaired) electrons. The summed E-state index contributed by atoms with van der Waals surface area (Å²) in [4.78, 5) is 28.7. The Balaban J connectivity index is 2.06. The predicted octanol–water partition coefficient (Wildman–Crippen LogP) is 7.22. The number of amides is 2. The first-order valence-corrected chi connectivity index (χ1v) is 16.0. The minimum atomic E-state index is -4.22. The summed E-state index contributed by atoms with van der Waals surface area (Å²) in [5.41, 5.74) is 0.770. The van der Waals surface area contributed by atoms with E-state index in [1.54, 1.807) is 43.3 Å². The van der Waals surface area contributed by atoms with Crippen LogP contribution in [0.1, 0.15) is 38.7 Å². The summed E-state index contributed by atoms with van der Waals surface area (Å²) in [5.74, 6) is -0.930. The third-order valence-electron chi connectivity index (χ3n) is 6.35. The van der Waals surface area contributed by atoms with Gasteiger partial charge in [-0.3, -0.25) is 13.9 Å². The molecule has 220 valence electrons. The molecule has 0 bridgehead atoms. The van der Waals surface area contributed by atoms with Gasteiger partial charge in [-0.25, -0.2) is 8.42 Å². The van der Waals surface area contributed by atoms with Crippen molar-refractivity contribution < 1.29 is 18.0 Å². The van der Waals surface area contributed by atoms with Crippen LogP contribution in [0.2, 0.25) is 20.1 Å². The molecule has 7 nitrogen and oxygen atoms in total. The van der Waals surface area contributed by atoms with Crippen LogP contribution in [0.5, 0.6) is 0 Å². The molecule has 0 saturated carbocycles. The Morgan fingerprint density at radius 2 is 1.49 bits per heavy atom. The zero-order valence-electron chi connectivity index (χ0n) is 22.6. The highest BCUT2D eigenvalue weighted by molar-refractivity contribution is 7.92. The van der Waals surface area contributed by atoms with E-state index in [4.69, 9.17) is 46.4 Å². The molecule has 3 aromatic rings. The second kappa shape index (κ2) is 15.1. The molecule has 0 heterocycles. The Labute approximate surface area is 261 Å². The lowest BCUT2D eigenvalue weighted by Gasteiger charge is -2.33. The van der Waals surface area contributed by atoms with Gasteiger partial charge >= 0.3 is 0 Å². The monoisotopic (exact) mass is 657 g/mol. The van der Waals surface area contributed by atoms with Gasteiger partial charge in [0.2, 0.25) is 11.8 Å². The Hall–Kier alpha value is -2.49. The highest BCUT2D eigenvalue weighted by Gasteiger charge is 2.33. The maximum Gasteiger partial charge on any atom is 0.264 e. The van der Waals surface area contributed by atoms with Crippen molar-refractivity contribution in [1.29, 1.82) is 0 Å². The van der Waals surface area contributed by atoms with Crippen LogP contribution in [-0.4, -0.2) is 44.3 Å². The molecule has 12 heteroatoms. The van der Waals surface area contributed by atoms with Crippen molar-refractivity contribution in [3.8, 4) is 0 Å². The molecular weight excluding hydrogens is 628 g/mol. The third-order valence-corrected chi connectivity index (χ3v) is 9.62. The van der Waals surface area contributed by atoms with Crippen LogP contribution in [0.3, 0.4) is 0 Å². The van der Waals surface area contributed by atoms with Gasteiger partial charge in [-0.1, -0.05) is 90.9 Å². The van der Waals surface area contributed by atoms with Gasteiger partial charge in [-0.2, -0.15) is 0 Å². The van der Waals surface area contributed by atoms with E-state index in [-0.39, 0.29) is 33.1 Å². The van der Waals surface area contributed by atoms with Crippen LogP contribution >= 0.6 is 46.4 Å². The first kappa shape index (κ1) is 33.0. The zero-order valence-corrected chi connectivity index (χ0v) is 26.5. The number of unbranched alkanes of at least 4 members (excludes halogenated alkanes) is 1. The van der Waals surface area contributed by atoms with E-state index >= 15 is 0 Å². The minimum absolute atomic E-state index is 0.00394. The number of carbonyl (C=O) groups excluding carboxylic acids is 2. The minimum Gasteiger partial charge on any atom is -0.354 e. The number of benzene rings is 3. The van der Waals surface area contributed by atoms with Crippen molar-refractivity contribution >= 4 is 73.9 Å². The highest BCUT2D eigenvalue weighted by atomic mass is 35.5. The van der Waals surface area contributed by atoms with Gasteiger partial charge in [-0.05, 0) is 60.9 Å². The summed E-state index contributed by atoms with van der Waals surface area (Å²) in [6.07, 6.45) is 1.96. The van der Waals surface area contributed by atoms with E-state index in [0.29, 0.717) is 28.6 Å². The normalized spacial score (nSPS) is 12.0. The van der Waals surface area contributed by atoms with Crippen molar-refractivity contribution in [3.05, 3.63) is 92.4 Å². The molecule has 1 atom stereocenters. The molecule has 0 saturated heterocycles. The predicted molar refractivity (Wildman–Crippen MR) is 166 cm³/mol. The lowest BCUT2D eigenvalue weighted by Crippen LogP contribution is -2.52. The third kappa shape index (κ3) is 8.52. The fourth-order valence-electron chi connectivity index (χ4n) is 4.15. The number of sulfonamides is 1. The summed E-state index contributed by atoms with van der Waals surface area (Å²) in [6, 6.07) is 16.1. The zero-order chi connectivity index (χ0) is 30.2. The van der Waals surface area contributed by atoms with E-state index in [1.807, 2.05) is 6.92 Å². The van der Waals surface area contributed by atoms with Gasteiger partial charge in [0.1, 0.15) is 12.6 Å². The van der Waals surface area contributed by atoms with Crippen LogP contribution < -0.4 is 9.62 Å². The van der Waals surface area contributed by atoms with Gasteiger partial charge < -0.3 is 10.2 Å². The fourth-order valence-corrected chi connectivity index (χ4v) is 6.19. The van der Waals surface area contributed by atoms with Crippen LogP contribution in [0.4, 0.5) is 5.69 Å². The van der Waals surface area contributed by atoms with Gasteiger partial charge in [0, 0.05) is 13.1 Å². The number of hydrogen-bond acceptors (Lipinski definition) is 4. The summed E-state index contributed by atoms with van der Waals surface area (Å²) < 4.78 is 28.7. The van der Waals surface area contributed by atoms with Crippen LogP contribution in [0.15, 0.2) is 71.6 Å². The molecule has 0 fully saturated rings. The van der Waals surface area contributed by atoms with Crippen molar-refractivity contribution in [2.24, 2.45) is 0 Å². The summed E-state index contributed by atoms with van der Waals surface area (Å²) in [5, 5.41) is 3.88. The van der Waals surface area contributed by atoms with E-state index in [1.165, 1.54) is 35.2 Å². The quantitative estimate of drug-likeness (QED) is 0.197. The molecule has 3 rings (SSSR count). The standard InChI is InChI=1S/C29H31Cl4N3O4S/c1-3-5-15-34-29(38)27(4-2)35(18-20-11-13-23(30)25(32)16-20)28(37)19-36(21-12-14-24(31)26(33)17-21)41(39,40)22-9-7-6-8-10-22/h6-14,16-17,27H,3-5,15,18-19H2,1-2H3,(H,34,38)/t27-/m0/s1. The van der Waals surface area contributed by atoms with E-state index in [0.717, 1.165) is 17.1 Å². The number of nitrogens with zero attached hydrogens (tertiary/aromatic N) is 2. The Morgan fingerprint density at radius 3 is 2.07 bits per heavy atom. The van der Waals surface area contributed by atoms with Crippen LogP contribution in [-0.2, 0) is 26.2 Å². The summed E-state index contributed by atoms with van der Waals surface area (Å²) in [7, 11) is -4.22. The number of nitrogens with one attached hydrogen (secondary N) is 1. The van der Waals surface area contributed by atoms with E-state index in [9.17, 15) is 18.0 Å². The first-order valence-electron chi connectivity index (χ1n) is 13.0. The molecule has 0 aromatic heterocycles. The molecule has 41 heavy (non-hydrogen) atoms. The van der Waals surface area contributed by atoms with Gasteiger partial charge in [0.25, 0.3) is 10.0 Å². The molecule has 0 unspecified atom stereocenters. The molecular formula is C29H31Cl4N3O4S. The first-order chi connectivity index (χ1) is 19.5. The van der Waals surface area contributed by atoms with Crippen LogP contribution in [0.25, 0.3) is 0 Å². The largest absolute Gasteiger partial charge is 0.354 e. The second-order valence-corrected chi connectivity index (χ2v) is 12.8. The Bertz CT molecular complexity index is 1470. The molecule has 2 amide bonds. The molecule has 1 N–H and O–H groups in total. The highest BCUT2D eigenvalue weighted by Crippen LogP contribution is 2.31. The molecule has 0 spiro atoms. The molecule has 3 aromatic carbocycles. The topological polar surface area (TPSA) is 86.8 Å². The maximum atomic E-state index is 14.1. The number of carbonyl (C=O) groups is 2. The van der Waals surface area contributed by atoms with E-state index < -0.39 is 28.5 Å². The van der Waals surface area contributed by atoms with Gasteiger partial charge in [0.15, 0.2) is 0 Å². The molecule has 0 aliphatic rings. The van der Waals surface area contributed by atoms with Crippen molar-refractivity contribution in [1.82, 2.24) is 10.2 Å². The second-order valence-electron chi connectivity index (χ2n) is 9.26. The number of anilines is 1. The number of hydrogen-bond donors (Lipinski definition) is 1. The smallest absolute Gasteiger partial charge is 0.264 e. The SMILES string of the molecule is CCCCNC(=O)[C@H](CC)N(Cc1ccc(Cl)c(Cl)c1)C(=O)CN(c1ccc(Cl)c(Cl)c1)S(=O)(=O)c1ccccc1. The number of halogens is 4. The Kier molecular flexibility index (Phi) is 12.2. The van der Waals surface area contributed by atoms with Crippen LogP contribution in [0, 0.1) is 0 Å². The van der Waals surface area contributed by atoms with Crippen molar-refractivity contribution in [3.63, 3.8) is 0 Å². The van der Waals surface area contributed by atoms with Gasteiger partial charge in [0.05, 0.1) is 30.7 Å². The summed E-state index contributed by atoms with van der Waals surface area (Å²) in [6.45, 7) is 3.65. The van der Waals surface area contributed by atoms with E-state index in [2.05, 4.69) is 5.32 Å². The average molecular weight is 659 g/mol. The molecule has 0 aliphatic carbocycles. The maximum absolute atomic E-state index is 14.1. The van der Waals surface area contributed by atoms with Gasteiger partial charge in [-0.15, -0.1) is 0 Å². The summed E-state index contributed by atoms with van der Waals surface area (Å²) >= 11 is 24.7. The average Bonchev–Trinajstić information content (AvgIpc) is 2.95. The Morgan fingerprint density at radius 1 is 0.854 bits per heavy atom. The van der Waals surface area contributed by atoms with Crippen molar-refractivity contribution in [2.45, 2.75) is 50.6 Å². The lowest BCUT2D eigenvalue weighted by atomic mass is 10.1. The molecule has 0 aliphatic heterocycles. The number of rotatable bonds is 13. The lowest BCUT2D eigenvalue weighted by molar-refractivity contribution is -0.140.